The third-order valence-electron chi connectivity index (χ3n) is 5.17. The van der Waals surface area contributed by atoms with Crippen LogP contribution >= 0.6 is 0 Å². The second-order valence-electron chi connectivity index (χ2n) is 6.80. The number of hydrogen-bond acceptors (Lipinski definition) is 3. The lowest BCUT2D eigenvalue weighted by atomic mass is 10.1. The molecule has 1 aromatic heterocycles. The molecule has 2 aliphatic rings. The van der Waals surface area contributed by atoms with Gasteiger partial charge in [0.15, 0.2) is 12.2 Å². The van der Waals surface area contributed by atoms with Crippen molar-refractivity contribution in [3.63, 3.8) is 0 Å². The molecule has 2 aliphatic heterocycles. The first-order valence-corrected chi connectivity index (χ1v) is 8.54. The quantitative estimate of drug-likeness (QED) is 0.924. The minimum absolute atomic E-state index is 0.0242. The molecule has 0 radical (unpaired) electrons. The highest BCUT2D eigenvalue weighted by Gasteiger charge is 2.53. The molecule has 5 nitrogen and oxygen atoms in total. The second kappa shape index (κ2) is 5.91. The summed E-state index contributed by atoms with van der Waals surface area (Å²) < 4.78 is 0. The number of amides is 1. The van der Waals surface area contributed by atoms with E-state index in [-0.39, 0.29) is 18.1 Å². The summed E-state index contributed by atoms with van der Waals surface area (Å²) in [6.07, 6.45) is 3.88. The Bertz CT molecular complexity index is 729. The number of nitrogens with zero attached hydrogens (tertiary/aromatic N) is 3. The predicted octanol–water partition coefficient (Wildman–Crippen LogP) is 1.24. The number of carbonyl (C=O) groups is 1. The van der Waals surface area contributed by atoms with Crippen molar-refractivity contribution in [1.82, 2.24) is 4.98 Å². The van der Waals surface area contributed by atoms with Crippen molar-refractivity contribution in [3.05, 3.63) is 54.2 Å². The highest BCUT2D eigenvalue weighted by Crippen LogP contribution is 2.30. The smallest absolute Gasteiger partial charge is 0.291 e. The van der Waals surface area contributed by atoms with Gasteiger partial charge in [-0.05, 0) is 36.4 Å². The van der Waals surface area contributed by atoms with Gasteiger partial charge in [-0.3, -0.25) is 4.79 Å². The molecule has 1 aromatic carbocycles. The number of hydrogen-bond donors (Lipinski definition) is 1. The van der Waals surface area contributed by atoms with Gasteiger partial charge in [0.1, 0.15) is 5.82 Å². The summed E-state index contributed by atoms with van der Waals surface area (Å²) in [5, 5.41) is 0. The first-order valence-electron chi connectivity index (χ1n) is 8.54. The van der Waals surface area contributed by atoms with Gasteiger partial charge in [-0.25, -0.2) is 9.88 Å². The topological polar surface area (TPSA) is 40.9 Å². The third-order valence-corrected chi connectivity index (χ3v) is 5.17. The Hall–Kier alpha value is -2.40. The fourth-order valence-corrected chi connectivity index (χ4v) is 4.00. The van der Waals surface area contributed by atoms with E-state index in [1.54, 1.807) is 6.20 Å². The fraction of sp³-hybridized carbons (Fsp3) is 0.368. The van der Waals surface area contributed by atoms with E-state index in [1.807, 2.05) is 37.2 Å². The molecule has 2 aromatic rings. The van der Waals surface area contributed by atoms with Crippen molar-refractivity contribution < 1.29 is 9.69 Å². The normalized spacial score (nSPS) is 25.8. The van der Waals surface area contributed by atoms with Crippen LogP contribution in [0, 0.1) is 0 Å². The van der Waals surface area contributed by atoms with E-state index >= 15 is 0 Å². The Labute approximate surface area is 142 Å². The second-order valence-corrected chi connectivity index (χ2v) is 6.80. The first-order chi connectivity index (χ1) is 11.7. The molecule has 3 heterocycles. The average Bonchev–Trinajstić information content (AvgIpc) is 3.18. The fourth-order valence-electron chi connectivity index (χ4n) is 4.00. The Morgan fingerprint density at radius 2 is 1.96 bits per heavy atom. The molecule has 2 fully saturated rings. The molecule has 2 saturated heterocycles. The summed E-state index contributed by atoms with van der Waals surface area (Å²) in [5.41, 5.74) is 2.35. The summed E-state index contributed by atoms with van der Waals surface area (Å²) >= 11 is 0. The number of rotatable bonds is 3. The molecule has 0 aliphatic carbocycles. The van der Waals surface area contributed by atoms with Crippen LogP contribution in [0.2, 0.25) is 0 Å². The van der Waals surface area contributed by atoms with Crippen molar-refractivity contribution in [2.45, 2.75) is 25.0 Å². The zero-order valence-corrected chi connectivity index (χ0v) is 14.1. The van der Waals surface area contributed by atoms with Crippen molar-refractivity contribution in [2.75, 3.05) is 30.4 Å². The molecule has 24 heavy (non-hydrogen) atoms. The number of carbonyl (C=O) groups excluding carboxylic acids is 1. The van der Waals surface area contributed by atoms with Crippen LogP contribution < -0.4 is 14.7 Å². The highest BCUT2D eigenvalue weighted by molar-refractivity contribution is 5.97. The van der Waals surface area contributed by atoms with Crippen LogP contribution in [0.1, 0.15) is 24.6 Å². The van der Waals surface area contributed by atoms with Crippen LogP contribution in [0.5, 0.6) is 0 Å². The molecule has 0 spiro atoms. The van der Waals surface area contributed by atoms with Crippen molar-refractivity contribution in [2.24, 2.45) is 0 Å². The van der Waals surface area contributed by atoms with Gasteiger partial charge in [-0.15, -0.1) is 0 Å². The Morgan fingerprint density at radius 1 is 1.17 bits per heavy atom. The molecule has 0 bridgehead atoms. The van der Waals surface area contributed by atoms with Crippen LogP contribution in [0.15, 0.2) is 48.7 Å². The van der Waals surface area contributed by atoms with E-state index in [4.69, 9.17) is 0 Å². The van der Waals surface area contributed by atoms with Gasteiger partial charge in [0.2, 0.25) is 0 Å². The Balaban J connectivity index is 1.75. The van der Waals surface area contributed by atoms with Gasteiger partial charge in [-0.2, -0.15) is 0 Å². The Kier molecular flexibility index (Phi) is 3.73. The number of anilines is 2. The lowest BCUT2D eigenvalue weighted by molar-refractivity contribution is -0.924. The average molecular weight is 323 g/mol. The lowest BCUT2D eigenvalue weighted by Gasteiger charge is -2.26. The summed E-state index contributed by atoms with van der Waals surface area (Å²) in [5.74, 6) is 0.967. The molecular weight excluding hydrogens is 300 g/mol. The van der Waals surface area contributed by atoms with Crippen molar-refractivity contribution >= 4 is 17.4 Å². The van der Waals surface area contributed by atoms with Crippen LogP contribution in [-0.4, -0.2) is 37.6 Å². The molecule has 0 saturated carbocycles. The van der Waals surface area contributed by atoms with E-state index in [1.165, 1.54) is 16.2 Å². The highest BCUT2D eigenvalue weighted by atomic mass is 16.2. The summed E-state index contributed by atoms with van der Waals surface area (Å²) in [4.78, 5) is 22.8. The number of nitrogens with one attached hydrogen (secondary N) is 1. The van der Waals surface area contributed by atoms with Gasteiger partial charge in [0.05, 0.1) is 6.54 Å². The standard InChI is InChI=1S/C19H22N4O/c1-21(2)15-10-8-14(9-11-15)18-22-13-5-6-16(22)19(24)23(18)17-7-3-4-12-20-17/h3-4,7-12,16,18H,5-6,13H2,1-2H3/p+1. The molecule has 3 unspecified atom stereocenters. The van der Waals surface area contributed by atoms with Crippen LogP contribution in [0.3, 0.4) is 0 Å². The molecule has 1 amide bonds. The largest absolute Gasteiger partial charge is 0.378 e. The number of quaternary nitrogens is 1. The molecule has 5 heteroatoms. The van der Waals surface area contributed by atoms with Crippen molar-refractivity contribution in [3.8, 4) is 0 Å². The van der Waals surface area contributed by atoms with Gasteiger partial charge in [0, 0.05) is 44.4 Å². The van der Waals surface area contributed by atoms with Gasteiger partial charge in [-0.1, -0.05) is 6.07 Å². The maximum atomic E-state index is 13.0. The monoisotopic (exact) mass is 323 g/mol. The van der Waals surface area contributed by atoms with Crippen LogP contribution in [-0.2, 0) is 4.79 Å². The van der Waals surface area contributed by atoms with Gasteiger partial charge < -0.3 is 9.80 Å². The third kappa shape index (κ3) is 2.36. The predicted molar refractivity (Wildman–Crippen MR) is 94.1 cm³/mol. The lowest BCUT2D eigenvalue weighted by Crippen LogP contribution is -3.12. The van der Waals surface area contributed by atoms with Crippen molar-refractivity contribution in [1.29, 1.82) is 0 Å². The maximum absolute atomic E-state index is 13.0. The molecule has 1 N–H and O–H groups in total. The first kappa shape index (κ1) is 15.1. The number of pyridine rings is 1. The van der Waals surface area contributed by atoms with Gasteiger partial charge >= 0.3 is 0 Å². The zero-order valence-electron chi connectivity index (χ0n) is 14.1. The minimum atomic E-state index is 0.0242. The van der Waals surface area contributed by atoms with E-state index < -0.39 is 0 Å². The van der Waals surface area contributed by atoms with E-state index in [0.29, 0.717) is 0 Å². The summed E-state index contributed by atoms with van der Waals surface area (Å²) in [6, 6.07) is 14.4. The molecule has 124 valence electrons. The van der Waals surface area contributed by atoms with E-state index in [9.17, 15) is 4.79 Å². The molecular formula is C19H23N4O+. The summed E-state index contributed by atoms with van der Waals surface area (Å²) in [6.45, 7) is 1.04. The zero-order chi connectivity index (χ0) is 16.7. The number of aromatic nitrogens is 1. The molecule has 3 atom stereocenters. The van der Waals surface area contributed by atoms with E-state index in [0.717, 1.165) is 25.2 Å². The van der Waals surface area contributed by atoms with Crippen LogP contribution in [0.4, 0.5) is 11.5 Å². The van der Waals surface area contributed by atoms with E-state index in [2.05, 4.69) is 34.1 Å². The maximum Gasteiger partial charge on any atom is 0.291 e. The van der Waals surface area contributed by atoms with Gasteiger partial charge in [0.25, 0.3) is 5.91 Å². The SMILES string of the molecule is CN(C)c1ccc(C2N(c3ccccn3)C(=O)C3CCC[NH+]32)cc1. The molecule has 4 rings (SSSR count). The van der Waals surface area contributed by atoms with Crippen LogP contribution in [0.25, 0.3) is 0 Å². The summed E-state index contributed by atoms with van der Waals surface area (Å²) in [7, 11) is 4.08. The Morgan fingerprint density at radius 3 is 2.62 bits per heavy atom. The minimum Gasteiger partial charge on any atom is -0.378 e. The number of benzene rings is 1. The number of fused-ring (bicyclic) bond motifs is 1.